The molecule has 0 aliphatic rings. The summed E-state index contributed by atoms with van der Waals surface area (Å²) in [6.45, 7) is 0.711. The fourth-order valence-electron chi connectivity index (χ4n) is 1.51. The predicted molar refractivity (Wildman–Crippen MR) is 74.3 cm³/mol. The van der Waals surface area contributed by atoms with Gasteiger partial charge in [-0.05, 0) is 5.56 Å². The molecule has 19 heavy (non-hydrogen) atoms. The van der Waals surface area contributed by atoms with Gasteiger partial charge in [0, 0.05) is 11.5 Å². The van der Waals surface area contributed by atoms with Crippen LogP contribution in [-0.4, -0.2) is 26.7 Å². The van der Waals surface area contributed by atoms with Gasteiger partial charge in [-0.3, -0.25) is 14.9 Å². The molecule has 2 aromatic rings. The third-order valence-corrected chi connectivity index (χ3v) is 3.49. The molecule has 6 nitrogen and oxygen atoms in total. The van der Waals surface area contributed by atoms with Crippen molar-refractivity contribution in [2.24, 2.45) is 5.84 Å². The minimum atomic E-state index is -0.428. The van der Waals surface area contributed by atoms with E-state index in [0.717, 1.165) is 11.5 Å². The van der Waals surface area contributed by atoms with Gasteiger partial charge in [-0.25, -0.2) is 5.84 Å². The van der Waals surface area contributed by atoms with Gasteiger partial charge in [0.15, 0.2) is 5.69 Å². The Morgan fingerprint density at radius 1 is 1.37 bits per heavy atom. The lowest BCUT2D eigenvalue weighted by molar-refractivity contribution is 0.0948. The number of amides is 1. The topological polar surface area (TPSA) is 85.8 Å². The molecule has 0 aliphatic carbocycles. The number of nitrogens with two attached hydrogens (primary N) is 1. The predicted octanol–water partition coefficient (Wildman–Crippen LogP) is 0.815. The molecular weight excluding hydrogens is 262 g/mol. The molecule has 7 heteroatoms. The molecule has 2 rings (SSSR count). The second-order valence-corrected chi connectivity index (χ2v) is 4.98. The molecule has 0 saturated heterocycles. The summed E-state index contributed by atoms with van der Waals surface area (Å²) in [6, 6.07) is 10.3. The first-order valence-corrected chi connectivity index (χ1v) is 6.98. The fourth-order valence-corrected chi connectivity index (χ4v) is 2.40. The number of hydrogen-bond donors (Lipinski definition) is 2. The standard InChI is InChI=1S/C12H15N5OS/c13-14-12(18)11-8-17(16-15-11)6-7-19-9-10-4-2-1-3-5-10/h1-5,8H,6-7,9,13H2,(H,14,18). The molecule has 0 radical (unpaired) electrons. The van der Waals surface area contributed by atoms with E-state index < -0.39 is 5.91 Å². The Morgan fingerprint density at radius 2 is 2.16 bits per heavy atom. The number of rotatable bonds is 6. The van der Waals surface area contributed by atoms with Crippen molar-refractivity contribution in [2.45, 2.75) is 12.3 Å². The second-order valence-electron chi connectivity index (χ2n) is 3.88. The molecule has 1 aromatic heterocycles. The first kappa shape index (κ1) is 13.6. The van der Waals surface area contributed by atoms with Gasteiger partial charge in [0.1, 0.15) is 0 Å². The molecule has 0 spiro atoms. The number of aryl methyl sites for hydroxylation is 1. The van der Waals surface area contributed by atoms with Gasteiger partial charge in [-0.15, -0.1) is 5.10 Å². The highest BCUT2D eigenvalue weighted by Crippen LogP contribution is 2.11. The Hall–Kier alpha value is -1.86. The third kappa shape index (κ3) is 4.08. The van der Waals surface area contributed by atoms with Crippen LogP contribution in [0.5, 0.6) is 0 Å². The van der Waals surface area contributed by atoms with Crippen LogP contribution in [0.4, 0.5) is 0 Å². The fraction of sp³-hybridized carbons (Fsp3) is 0.250. The number of thioether (sulfide) groups is 1. The molecule has 100 valence electrons. The van der Waals surface area contributed by atoms with Crippen molar-refractivity contribution in [1.29, 1.82) is 0 Å². The van der Waals surface area contributed by atoms with Crippen molar-refractivity contribution in [3.63, 3.8) is 0 Å². The minimum absolute atomic E-state index is 0.232. The first-order valence-electron chi connectivity index (χ1n) is 5.82. The normalized spacial score (nSPS) is 10.4. The van der Waals surface area contributed by atoms with Gasteiger partial charge in [-0.2, -0.15) is 11.8 Å². The largest absolute Gasteiger partial charge is 0.289 e. The van der Waals surface area contributed by atoms with E-state index in [4.69, 9.17) is 5.84 Å². The number of hydrogen-bond acceptors (Lipinski definition) is 5. The highest BCUT2D eigenvalue weighted by Gasteiger charge is 2.08. The van der Waals surface area contributed by atoms with Crippen LogP contribution >= 0.6 is 11.8 Å². The van der Waals surface area contributed by atoms with Gasteiger partial charge in [-0.1, -0.05) is 35.5 Å². The SMILES string of the molecule is NNC(=O)c1cn(CCSCc2ccccc2)nn1. The van der Waals surface area contributed by atoms with Crippen LogP contribution in [0, 0.1) is 0 Å². The summed E-state index contributed by atoms with van der Waals surface area (Å²) in [5.41, 5.74) is 3.56. The van der Waals surface area contributed by atoms with E-state index >= 15 is 0 Å². The zero-order valence-electron chi connectivity index (χ0n) is 10.3. The molecule has 1 heterocycles. The van der Waals surface area contributed by atoms with Crippen LogP contribution in [-0.2, 0) is 12.3 Å². The summed E-state index contributed by atoms with van der Waals surface area (Å²) < 4.78 is 1.64. The maximum absolute atomic E-state index is 11.2. The Morgan fingerprint density at radius 3 is 2.89 bits per heavy atom. The number of benzene rings is 1. The van der Waals surface area contributed by atoms with Gasteiger partial charge in [0.05, 0.1) is 12.7 Å². The van der Waals surface area contributed by atoms with E-state index in [2.05, 4.69) is 22.4 Å². The lowest BCUT2D eigenvalue weighted by Gasteiger charge is -2.01. The number of hydrazine groups is 1. The number of carbonyl (C=O) groups is 1. The van der Waals surface area contributed by atoms with E-state index in [9.17, 15) is 4.79 Å². The quantitative estimate of drug-likeness (QED) is 0.353. The lowest BCUT2D eigenvalue weighted by atomic mass is 10.2. The zero-order chi connectivity index (χ0) is 13.5. The smallest absolute Gasteiger partial charge is 0.287 e. The third-order valence-electron chi connectivity index (χ3n) is 2.48. The van der Waals surface area contributed by atoms with Gasteiger partial charge in [0.2, 0.25) is 0 Å². The molecule has 0 atom stereocenters. The number of carbonyl (C=O) groups excluding carboxylic acids is 1. The van der Waals surface area contributed by atoms with Crippen molar-refractivity contribution in [3.8, 4) is 0 Å². The van der Waals surface area contributed by atoms with Crippen LogP contribution in [0.15, 0.2) is 36.5 Å². The number of aromatic nitrogens is 3. The summed E-state index contributed by atoms with van der Waals surface area (Å²) in [7, 11) is 0. The second kappa shape index (κ2) is 6.91. The zero-order valence-corrected chi connectivity index (χ0v) is 11.1. The van der Waals surface area contributed by atoms with E-state index in [1.807, 2.05) is 35.4 Å². The average molecular weight is 277 g/mol. The van der Waals surface area contributed by atoms with Crippen LogP contribution in [0.2, 0.25) is 0 Å². The summed E-state index contributed by atoms with van der Waals surface area (Å²) in [4.78, 5) is 11.2. The van der Waals surface area contributed by atoms with Crippen molar-refractivity contribution in [2.75, 3.05) is 5.75 Å². The molecule has 1 aromatic carbocycles. The van der Waals surface area contributed by atoms with Crippen molar-refractivity contribution in [3.05, 3.63) is 47.8 Å². The van der Waals surface area contributed by atoms with E-state index in [0.29, 0.717) is 6.54 Å². The van der Waals surface area contributed by atoms with Crippen LogP contribution in [0.3, 0.4) is 0 Å². The highest BCUT2D eigenvalue weighted by atomic mass is 32.2. The first-order chi connectivity index (χ1) is 9.29. The maximum atomic E-state index is 11.2. The van der Waals surface area contributed by atoms with E-state index in [1.165, 1.54) is 5.56 Å². The molecule has 0 fully saturated rings. The van der Waals surface area contributed by atoms with Crippen LogP contribution in [0.1, 0.15) is 16.1 Å². The summed E-state index contributed by atoms with van der Waals surface area (Å²) in [6.07, 6.45) is 1.59. The van der Waals surface area contributed by atoms with Crippen molar-refractivity contribution in [1.82, 2.24) is 20.4 Å². The Kier molecular flexibility index (Phi) is 4.93. The van der Waals surface area contributed by atoms with Gasteiger partial charge >= 0.3 is 0 Å². The maximum Gasteiger partial charge on any atom is 0.287 e. The van der Waals surface area contributed by atoms with Gasteiger partial charge < -0.3 is 0 Å². The van der Waals surface area contributed by atoms with Crippen molar-refractivity contribution >= 4 is 17.7 Å². The number of nitrogens with one attached hydrogen (secondary N) is 1. The monoisotopic (exact) mass is 277 g/mol. The van der Waals surface area contributed by atoms with E-state index in [1.54, 1.807) is 10.9 Å². The highest BCUT2D eigenvalue weighted by molar-refractivity contribution is 7.98. The summed E-state index contributed by atoms with van der Waals surface area (Å²) >= 11 is 1.81. The Bertz CT molecular complexity index is 528. The summed E-state index contributed by atoms with van der Waals surface area (Å²) in [5.74, 6) is 6.46. The van der Waals surface area contributed by atoms with Crippen molar-refractivity contribution < 1.29 is 4.79 Å². The molecular formula is C12H15N5OS. The Labute approximate surface area is 115 Å². The number of nitrogens with zero attached hydrogens (tertiary/aromatic N) is 3. The molecule has 1 amide bonds. The summed E-state index contributed by atoms with van der Waals surface area (Å²) in [5, 5.41) is 7.60. The molecule has 3 N–H and O–H groups in total. The van der Waals surface area contributed by atoms with E-state index in [-0.39, 0.29) is 5.69 Å². The minimum Gasteiger partial charge on any atom is -0.289 e. The lowest BCUT2D eigenvalue weighted by Crippen LogP contribution is -2.30. The molecule has 0 saturated carbocycles. The molecule has 0 unspecified atom stereocenters. The van der Waals surface area contributed by atoms with Gasteiger partial charge in [0.25, 0.3) is 5.91 Å². The molecule has 0 bridgehead atoms. The Balaban J connectivity index is 1.74. The number of nitrogen functional groups attached to an aromatic ring is 1. The molecule has 0 aliphatic heterocycles. The van der Waals surface area contributed by atoms with Crippen LogP contribution in [0.25, 0.3) is 0 Å². The average Bonchev–Trinajstić information content (AvgIpc) is 2.93. The van der Waals surface area contributed by atoms with Crippen LogP contribution < -0.4 is 11.3 Å².